The molecule has 218 valence electrons. The molecule has 41 heavy (non-hydrogen) atoms. The number of alkyl carbamates (subject to hydrolysis) is 1. The number of halogens is 1. The van der Waals surface area contributed by atoms with Gasteiger partial charge in [0, 0.05) is 24.5 Å². The van der Waals surface area contributed by atoms with E-state index in [-0.39, 0.29) is 41.7 Å². The Hall–Kier alpha value is -3.87. The lowest BCUT2D eigenvalue weighted by Gasteiger charge is -2.19. The molecule has 0 aliphatic heterocycles. The standard InChI is InChI=1S/C28H32ClN5O6S/c1-17-7-11-21(24(32-17)26(36)34-23-12-8-18(29)16-31-23)33-25(35)20-10-9-19(41(5)38)15-22(20)39-14-6-13-30-27(37)40-28(2,3)4/h7-12,15-16H,6,13-14H2,1-5H3,(H,30,37)(H,33,35)(H,31,34,36). The first-order chi connectivity index (χ1) is 19.3. The molecular weight excluding hydrogens is 570 g/mol. The summed E-state index contributed by atoms with van der Waals surface area (Å²) in [5.74, 6) is -0.682. The van der Waals surface area contributed by atoms with Crippen molar-refractivity contribution in [3.63, 3.8) is 0 Å². The zero-order valence-corrected chi connectivity index (χ0v) is 24.9. The predicted molar refractivity (Wildman–Crippen MR) is 157 cm³/mol. The highest BCUT2D eigenvalue weighted by Gasteiger charge is 2.21. The van der Waals surface area contributed by atoms with Crippen LogP contribution in [0.5, 0.6) is 5.75 Å². The summed E-state index contributed by atoms with van der Waals surface area (Å²) in [6, 6.07) is 10.9. The van der Waals surface area contributed by atoms with E-state index in [0.717, 1.165) is 0 Å². The van der Waals surface area contributed by atoms with E-state index >= 15 is 0 Å². The Morgan fingerprint density at radius 1 is 1.05 bits per heavy atom. The van der Waals surface area contributed by atoms with Gasteiger partial charge >= 0.3 is 6.09 Å². The van der Waals surface area contributed by atoms with E-state index in [0.29, 0.717) is 22.0 Å². The van der Waals surface area contributed by atoms with Crippen LogP contribution in [-0.2, 0) is 15.9 Å². The van der Waals surface area contributed by atoms with Crippen LogP contribution in [-0.4, -0.2) is 57.4 Å². The number of aryl methyl sites for hydroxylation is 1. The molecule has 2 heterocycles. The van der Waals surface area contributed by atoms with Crippen molar-refractivity contribution in [3.8, 4) is 5.75 Å². The molecule has 0 fully saturated rings. The Bertz CT molecular complexity index is 1400. The fourth-order valence-electron chi connectivity index (χ4n) is 3.39. The van der Waals surface area contributed by atoms with E-state index in [2.05, 4.69) is 25.9 Å². The molecule has 3 N–H and O–H groups in total. The molecule has 0 spiro atoms. The molecule has 0 saturated heterocycles. The number of benzene rings is 1. The van der Waals surface area contributed by atoms with E-state index in [4.69, 9.17) is 21.1 Å². The molecule has 3 amide bonds. The van der Waals surface area contributed by atoms with Crippen LogP contribution in [0.1, 0.15) is 53.7 Å². The lowest BCUT2D eigenvalue weighted by molar-refractivity contribution is 0.0525. The summed E-state index contributed by atoms with van der Waals surface area (Å²) in [5, 5.41) is 8.42. The second-order valence-corrected chi connectivity index (χ2v) is 11.7. The highest BCUT2D eigenvalue weighted by Crippen LogP contribution is 2.26. The third-order valence-corrected chi connectivity index (χ3v) is 6.38. The fourth-order valence-corrected chi connectivity index (χ4v) is 4.04. The van der Waals surface area contributed by atoms with Gasteiger partial charge in [-0.15, -0.1) is 0 Å². The van der Waals surface area contributed by atoms with E-state index < -0.39 is 34.7 Å². The molecule has 2 aromatic heterocycles. The number of amides is 3. The van der Waals surface area contributed by atoms with Gasteiger partial charge in [0.1, 0.15) is 23.4 Å². The molecule has 0 bridgehead atoms. The van der Waals surface area contributed by atoms with Crippen molar-refractivity contribution in [2.75, 3.05) is 30.0 Å². The van der Waals surface area contributed by atoms with Crippen LogP contribution in [0.15, 0.2) is 53.6 Å². The maximum Gasteiger partial charge on any atom is 0.407 e. The molecular formula is C28H32ClN5O6S. The summed E-state index contributed by atoms with van der Waals surface area (Å²) in [6.45, 7) is 7.47. The van der Waals surface area contributed by atoms with Crippen molar-refractivity contribution in [1.29, 1.82) is 0 Å². The topological polar surface area (TPSA) is 155 Å². The molecule has 1 aromatic carbocycles. The fraction of sp³-hybridized carbons (Fsp3) is 0.321. The van der Waals surface area contributed by atoms with Crippen molar-refractivity contribution in [1.82, 2.24) is 15.3 Å². The Kier molecular flexibility index (Phi) is 10.9. The van der Waals surface area contributed by atoms with Gasteiger partial charge in [-0.1, -0.05) is 11.6 Å². The number of ether oxygens (including phenoxy) is 2. The summed E-state index contributed by atoms with van der Waals surface area (Å²) in [5.41, 5.74) is 0.265. The van der Waals surface area contributed by atoms with Crippen LogP contribution >= 0.6 is 11.6 Å². The van der Waals surface area contributed by atoms with E-state index in [9.17, 15) is 18.9 Å². The lowest BCUT2D eigenvalue weighted by Crippen LogP contribution is -2.33. The highest BCUT2D eigenvalue weighted by molar-refractivity contribution is 7.90. The van der Waals surface area contributed by atoms with Crippen LogP contribution in [0.3, 0.4) is 0 Å². The number of rotatable bonds is 10. The molecule has 1 unspecified atom stereocenters. The minimum absolute atomic E-state index is 0.0166. The second-order valence-electron chi connectivity index (χ2n) is 9.86. The van der Waals surface area contributed by atoms with Crippen LogP contribution in [0.25, 0.3) is 0 Å². The van der Waals surface area contributed by atoms with Gasteiger partial charge in [-0.25, -0.2) is 14.8 Å². The van der Waals surface area contributed by atoms with Crippen molar-refractivity contribution in [2.45, 2.75) is 44.6 Å². The van der Waals surface area contributed by atoms with Gasteiger partial charge in [-0.05, 0) is 81.7 Å². The normalized spacial score (nSPS) is 11.8. The summed E-state index contributed by atoms with van der Waals surface area (Å²) in [7, 11) is 0. The summed E-state index contributed by atoms with van der Waals surface area (Å²) in [6.07, 6.45) is 2.79. The molecule has 11 nitrogen and oxygen atoms in total. The van der Waals surface area contributed by atoms with E-state index in [1.165, 1.54) is 24.6 Å². The summed E-state index contributed by atoms with van der Waals surface area (Å²) in [4.78, 5) is 47.0. The largest absolute Gasteiger partial charge is 0.612 e. The third-order valence-electron chi connectivity index (χ3n) is 5.24. The number of hydrogen-bond donors (Lipinski definition) is 3. The molecule has 0 saturated carbocycles. The first kappa shape index (κ1) is 31.7. The first-order valence-electron chi connectivity index (χ1n) is 12.6. The Morgan fingerprint density at radius 2 is 1.80 bits per heavy atom. The number of anilines is 2. The molecule has 1 atom stereocenters. The quantitative estimate of drug-likeness (QED) is 0.217. The Morgan fingerprint density at radius 3 is 2.46 bits per heavy atom. The predicted octanol–water partition coefficient (Wildman–Crippen LogP) is 4.97. The number of pyridine rings is 2. The van der Waals surface area contributed by atoms with Gasteiger partial charge in [0.05, 0.1) is 22.9 Å². The third kappa shape index (κ3) is 9.92. The van der Waals surface area contributed by atoms with Gasteiger partial charge in [0.15, 0.2) is 10.6 Å². The van der Waals surface area contributed by atoms with Gasteiger partial charge in [-0.2, -0.15) is 0 Å². The summed E-state index contributed by atoms with van der Waals surface area (Å²) >= 11 is 4.54. The van der Waals surface area contributed by atoms with E-state index in [1.54, 1.807) is 58.0 Å². The highest BCUT2D eigenvalue weighted by atomic mass is 35.5. The molecule has 3 aromatic rings. The van der Waals surface area contributed by atoms with Crippen molar-refractivity contribution < 1.29 is 28.4 Å². The number of aromatic nitrogens is 2. The average Bonchev–Trinajstić information content (AvgIpc) is 2.89. The maximum atomic E-state index is 13.4. The van der Waals surface area contributed by atoms with Gasteiger partial charge in [-0.3, -0.25) is 9.59 Å². The number of nitrogens with zero attached hydrogens (tertiary/aromatic N) is 2. The summed E-state index contributed by atoms with van der Waals surface area (Å²) < 4.78 is 23.1. The van der Waals surface area contributed by atoms with Crippen molar-refractivity contribution >= 4 is 52.2 Å². The van der Waals surface area contributed by atoms with Crippen LogP contribution in [0.2, 0.25) is 5.02 Å². The SMILES string of the molecule is Cc1ccc(NC(=O)c2ccc([S+](C)[O-])cc2OCCCNC(=O)OC(C)(C)C)c(C(=O)Nc2ccc(Cl)cn2)n1. The average molecular weight is 602 g/mol. The molecule has 3 rings (SSSR count). The lowest BCUT2D eigenvalue weighted by atomic mass is 10.1. The number of nitrogens with one attached hydrogen (secondary N) is 3. The van der Waals surface area contributed by atoms with Crippen LogP contribution in [0.4, 0.5) is 16.3 Å². The Labute approximate surface area is 246 Å². The smallest absolute Gasteiger partial charge is 0.407 e. The molecule has 0 radical (unpaired) electrons. The minimum Gasteiger partial charge on any atom is -0.612 e. The van der Waals surface area contributed by atoms with E-state index in [1.807, 2.05) is 0 Å². The molecule has 0 aliphatic carbocycles. The molecule has 13 heteroatoms. The van der Waals surface area contributed by atoms with Crippen molar-refractivity contribution in [2.24, 2.45) is 0 Å². The minimum atomic E-state index is -1.32. The number of carbonyl (C=O) groups excluding carboxylic acids is 3. The van der Waals surface area contributed by atoms with Crippen LogP contribution in [0, 0.1) is 6.92 Å². The first-order valence-corrected chi connectivity index (χ1v) is 14.5. The van der Waals surface area contributed by atoms with Crippen molar-refractivity contribution in [3.05, 3.63) is 70.6 Å². The maximum absolute atomic E-state index is 13.4. The van der Waals surface area contributed by atoms with Gasteiger partial charge in [0.2, 0.25) is 0 Å². The molecule has 0 aliphatic rings. The monoisotopic (exact) mass is 601 g/mol. The Balaban J connectivity index is 1.74. The number of carbonyl (C=O) groups is 3. The van der Waals surface area contributed by atoms with Gasteiger partial charge in [0.25, 0.3) is 11.8 Å². The zero-order valence-electron chi connectivity index (χ0n) is 23.4. The van der Waals surface area contributed by atoms with Crippen LogP contribution < -0.4 is 20.7 Å². The second kappa shape index (κ2) is 14.2. The zero-order chi connectivity index (χ0) is 30.2. The number of hydrogen-bond acceptors (Lipinski definition) is 8. The van der Waals surface area contributed by atoms with Gasteiger partial charge < -0.3 is 30.0 Å².